The van der Waals surface area contributed by atoms with Gasteiger partial charge in [0.25, 0.3) is 0 Å². The number of amides is 2. The first-order valence-electron chi connectivity index (χ1n) is 9.86. The van der Waals surface area contributed by atoms with E-state index in [0.717, 1.165) is 12.8 Å². The van der Waals surface area contributed by atoms with Crippen molar-refractivity contribution in [2.45, 2.75) is 77.9 Å². The molecule has 0 saturated heterocycles. The van der Waals surface area contributed by atoms with Crippen molar-refractivity contribution in [1.29, 1.82) is 0 Å². The Kier molecular flexibility index (Phi) is 12.5. The molecular formula is C20H40N2O5. The Morgan fingerprint density at radius 1 is 1.11 bits per heavy atom. The molecule has 0 aliphatic rings. The molecule has 0 spiro atoms. The third-order valence-corrected chi connectivity index (χ3v) is 4.72. The maximum Gasteiger partial charge on any atom is 0.220 e. The topological polar surface area (TPSA) is 99.9 Å². The highest BCUT2D eigenvalue weighted by atomic mass is 16.5. The van der Waals surface area contributed by atoms with Crippen molar-refractivity contribution in [1.82, 2.24) is 5.32 Å². The van der Waals surface area contributed by atoms with Gasteiger partial charge >= 0.3 is 0 Å². The van der Waals surface area contributed by atoms with E-state index in [-0.39, 0.29) is 35.4 Å². The second kappa shape index (κ2) is 13.1. The molecule has 0 aromatic carbocycles. The van der Waals surface area contributed by atoms with E-state index in [4.69, 9.17) is 19.9 Å². The molecule has 0 saturated carbocycles. The highest BCUT2D eigenvalue weighted by Gasteiger charge is 2.34. The van der Waals surface area contributed by atoms with Crippen LogP contribution in [0.4, 0.5) is 0 Å². The Hall–Kier alpha value is -1.18. The molecule has 1 atom stereocenters. The van der Waals surface area contributed by atoms with Crippen LogP contribution in [-0.2, 0) is 23.8 Å². The van der Waals surface area contributed by atoms with Crippen LogP contribution in [0.15, 0.2) is 0 Å². The van der Waals surface area contributed by atoms with Crippen LogP contribution in [0.25, 0.3) is 0 Å². The van der Waals surface area contributed by atoms with Gasteiger partial charge in [0, 0.05) is 45.6 Å². The van der Waals surface area contributed by atoms with Crippen molar-refractivity contribution < 1.29 is 23.8 Å². The summed E-state index contributed by atoms with van der Waals surface area (Å²) in [5, 5.41) is 2.83. The van der Waals surface area contributed by atoms with Gasteiger partial charge in [-0.3, -0.25) is 9.59 Å². The number of hydrogen-bond donors (Lipinski definition) is 2. The molecule has 0 aromatic rings. The molecule has 0 heterocycles. The summed E-state index contributed by atoms with van der Waals surface area (Å²) in [6, 6.07) is 0. The number of carbonyl (C=O) groups is 2. The molecule has 27 heavy (non-hydrogen) atoms. The fourth-order valence-corrected chi connectivity index (χ4v) is 2.85. The Balaban J connectivity index is 4.16. The average Bonchev–Trinajstić information content (AvgIpc) is 2.56. The molecule has 0 fully saturated rings. The minimum atomic E-state index is -0.378. The minimum Gasteiger partial charge on any atom is -0.381 e. The second-order valence-corrected chi connectivity index (χ2v) is 8.00. The van der Waals surface area contributed by atoms with Gasteiger partial charge in [-0.15, -0.1) is 0 Å². The number of ether oxygens (including phenoxy) is 3. The number of rotatable bonds is 16. The number of carbonyl (C=O) groups excluding carboxylic acids is 2. The summed E-state index contributed by atoms with van der Waals surface area (Å²) in [6.07, 6.45) is 2.61. The van der Waals surface area contributed by atoms with Crippen molar-refractivity contribution in [2.75, 3.05) is 33.5 Å². The summed E-state index contributed by atoms with van der Waals surface area (Å²) in [7, 11) is 1.72. The SMILES string of the molecule is CCOC(C)(C)CC(COCCCNC(=O)CCCC(N)=O)C(C)(C)OC. The molecule has 160 valence electrons. The first-order valence-corrected chi connectivity index (χ1v) is 9.86. The predicted molar refractivity (Wildman–Crippen MR) is 106 cm³/mol. The summed E-state index contributed by atoms with van der Waals surface area (Å²) in [5.41, 5.74) is 4.49. The van der Waals surface area contributed by atoms with Crippen molar-refractivity contribution in [3.05, 3.63) is 0 Å². The van der Waals surface area contributed by atoms with Gasteiger partial charge < -0.3 is 25.3 Å². The van der Waals surface area contributed by atoms with Crippen LogP contribution in [0.5, 0.6) is 0 Å². The van der Waals surface area contributed by atoms with Crippen molar-refractivity contribution >= 4 is 11.8 Å². The van der Waals surface area contributed by atoms with Crippen molar-refractivity contribution in [3.63, 3.8) is 0 Å². The number of methoxy groups -OCH3 is 1. The number of hydrogen-bond acceptors (Lipinski definition) is 5. The van der Waals surface area contributed by atoms with E-state index in [2.05, 4.69) is 33.0 Å². The normalized spacial score (nSPS) is 13.4. The van der Waals surface area contributed by atoms with Gasteiger partial charge in [-0.25, -0.2) is 0 Å². The summed E-state index contributed by atoms with van der Waals surface area (Å²) < 4.78 is 17.3. The molecule has 0 radical (unpaired) electrons. The lowest BCUT2D eigenvalue weighted by molar-refractivity contribution is -0.121. The maximum atomic E-state index is 11.6. The molecule has 0 aliphatic heterocycles. The van der Waals surface area contributed by atoms with Gasteiger partial charge in [-0.05, 0) is 53.9 Å². The van der Waals surface area contributed by atoms with E-state index in [1.165, 1.54) is 0 Å². The average molecular weight is 389 g/mol. The largest absolute Gasteiger partial charge is 0.381 e. The molecule has 7 nitrogen and oxygen atoms in total. The van der Waals surface area contributed by atoms with Gasteiger partial charge in [0.2, 0.25) is 11.8 Å². The standard InChI is InChI=1S/C20H40N2O5/c1-7-27-19(2,3)14-16(20(4,5)25-6)15-26-13-9-12-22-18(24)11-8-10-17(21)23/h16H,7-15H2,1-6H3,(H2,21,23)(H,22,24). The third-order valence-electron chi connectivity index (χ3n) is 4.72. The van der Waals surface area contributed by atoms with Gasteiger partial charge in [0.1, 0.15) is 0 Å². The van der Waals surface area contributed by atoms with E-state index >= 15 is 0 Å². The van der Waals surface area contributed by atoms with E-state index in [9.17, 15) is 9.59 Å². The third kappa shape index (κ3) is 12.8. The van der Waals surface area contributed by atoms with Gasteiger partial charge in [0.15, 0.2) is 0 Å². The Morgan fingerprint density at radius 2 is 1.78 bits per heavy atom. The first-order chi connectivity index (χ1) is 12.5. The zero-order chi connectivity index (χ0) is 20.9. The quantitative estimate of drug-likeness (QED) is 0.396. The van der Waals surface area contributed by atoms with E-state index in [1.54, 1.807) is 7.11 Å². The molecule has 0 aromatic heterocycles. The highest BCUT2D eigenvalue weighted by molar-refractivity contribution is 5.77. The van der Waals surface area contributed by atoms with Crippen molar-refractivity contribution in [2.24, 2.45) is 11.7 Å². The van der Waals surface area contributed by atoms with Gasteiger partial charge in [-0.2, -0.15) is 0 Å². The molecular weight excluding hydrogens is 348 g/mol. The summed E-state index contributed by atoms with van der Waals surface area (Å²) in [4.78, 5) is 22.3. The zero-order valence-corrected chi connectivity index (χ0v) is 18.1. The molecule has 2 amide bonds. The fourth-order valence-electron chi connectivity index (χ4n) is 2.85. The lowest BCUT2D eigenvalue weighted by atomic mass is 9.82. The molecule has 0 bridgehead atoms. The maximum absolute atomic E-state index is 11.6. The number of primary amides is 1. The minimum absolute atomic E-state index is 0.0619. The molecule has 3 N–H and O–H groups in total. The van der Waals surface area contributed by atoms with Crippen LogP contribution in [0.1, 0.15) is 66.7 Å². The second-order valence-electron chi connectivity index (χ2n) is 8.00. The molecule has 0 aliphatic carbocycles. The smallest absolute Gasteiger partial charge is 0.220 e. The predicted octanol–water partition coefficient (Wildman–Crippen LogP) is 2.41. The van der Waals surface area contributed by atoms with Crippen LogP contribution in [0.3, 0.4) is 0 Å². The molecule has 7 heteroatoms. The van der Waals surface area contributed by atoms with Crippen molar-refractivity contribution in [3.8, 4) is 0 Å². The lowest BCUT2D eigenvalue weighted by Gasteiger charge is -2.38. The first kappa shape index (κ1) is 25.8. The Morgan fingerprint density at radius 3 is 2.33 bits per heavy atom. The van der Waals surface area contributed by atoms with Crippen LogP contribution in [-0.4, -0.2) is 56.5 Å². The molecule has 0 rings (SSSR count). The van der Waals surface area contributed by atoms with Gasteiger partial charge in [0.05, 0.1) is 17.8 Å². The van der Waals surface area contributed by atoms with Crippen LogP contribution >= 0.6 is 0 Å². The fraction of sp³-hybridized carbons (Fsp3) is 0.900. The summed E-state index contributed by atoms with van der Waals surface area (Å²) in [5.74, 6) is -0.252. The number of nitrogens with two attached hydrogens (primary N) is 1. The Bertz CT molecular complexity index is 438. The van der Waals surface area contributed by atoms with Crippen LogP contribution in [0.2, 0.25) is 0 Å². The lowest BCUT2D eigenvalue weighted by Crippen LogP contribution is -2.42. The molecule has 1 unspecified atom stereocenters. The van der Waals surface area contributed by atoms with Crippen LogP contribution < -0.4 is 11.1 Å². The van der Waals surface area contributed by atoms with Gasteiger partial charge in [-0.1, -0.05) is 0 Å². The monoisotopic (exact) mass is 388 g/mol. The van der Waals surface area contributed by atoms with E-state index < -0.39 is 0 Å². The number of nitrogens with one attached hydrogen (secondary N) is 1. The van der Waals surface area contributed by atoms with E-state index in [1.807, 2.05) is 6.92 Å². The zero-order valence-electron chi connectivity index (χ0n) is 18.1. The summed E-state index contributed by atoms with van der Waals surface area (Å²) >= 11 is 0. The summed E-state index contributed by atoms with van der Waals surface area (Å²) in [6.45, 7) is 12.7. The highest BCUT2D eigenvalue weighted by Crippen LogP contribution is 2.31. The van der Waals surface area contributed by atoms with Crippen LogP contribution in [0, 0.1) is 5.92 Å². The Labute approximate surface area is 164 Å². The van der Waals surface area contributed by atoms with E-state index in [0.29, 0.717) is 39.2 Å².